The van der Waals surface area contributed by atoms with E-state index >= 15 is 0 Å². The fraction of sp³-hybridized carbons (Fsp3) is 0.312. The number of hydrogen-bond donors (Lipinski definition) is 1. The van der Waals surface area contributed by atoms with Gasteiger partial charge in [0.15, 0.2) is 0 Å². The lowest BCUT2D eigenvalue weighted by atomic mass is 10.0. The Bertz CT molecular complexity index is 580. The quantitative estimate of drug-likeness (QED) is 0.915. The van der Waals surface area contributed by atoms with Gasteiger partial charge in [0.2, 0.25) is 5.91 Å². The van der Waals surface area contributed by atoms with Crippen molar-refractivity contribution >= 4 is 16.7 Å². The Labute approximate surface area is 113 Å². The molecule has 0 unspecified atom stereocenters. The van der Waals surface area contributed by atoms with Gasteiger partial charge in [0.05, 0.1) is 6.10 Å². The molecule has 0 bridgehead atoms. The molecule has 1 N–H and O–H groups in total. The monoisotopic (exact) mass is 257 g/mol. The van der Waals surface area contributed by atoms with Crippen LogP contribution in [0.25, 0.3) is 10.8 Å². The molecule has 2 aromatic rings. The molecule has 2 rings (SSSR count). The minimum Gasteiger partial charge on any atom is -0.388 e. The molecule has 0 radical (unpaired) electrons. The van der Waals surface area contributed by atoms with Gasteiger partial charge in [-0.2, -0.15) is 0 Å². The van der Waals surface area contributed by atoms with Gasteiger partial charge in [0.1, 0.15) is 0 Å². The summed E-state index contributed by atoms with van der Waals surface area (Å²) in [4.78, 5) is 12.7. The van der Waals surface area contributed by atoms with Crippen molar-refractivity contribution in [1.29, 1.82) is 0 Å². The van der Waals surface area contributed by atoms with Crippen LogP contribution in [-0.2, 0) is 4.79 Å². The average Bonchev–Trinajstić information content (AvgIpc) is 2.43. The molecule has 1 atom stereocenters. The summed E-state index contributed by atoms with van der Waals surface area (Å²) in [7, 11) is 1.75. The predicted octanol–water partition coefficient (Wildman–Crippen LogP) is 2.74. The Morgan fingerprint density at radius 3 is 2.58 bits per heavy atom. The Morgan fingerprint density at radius 1 is 1.21 bits per heavy atom. The highest BCUT2D eigenvalue weighted by Crippen LogP contribution is 2.22. The summed E-state index contributed by atoms with van der Waals surface area (Å²) in [5.41, 5.74) is 0.899. The molecule has 2 aromatic carbocycles. The van der Waals surface area contributed by atoms with Crippen LogP contribution in [0.5, 0.6) is 0 Å². The van der Waals surface area contributed by atoms with Gasteiger partial charge in [-0.05, 0) is 28.8 Å². The largest absolute Gasteiger partial charge is 0.388 e. The predicted molar refractivity (Wildman–Crippen MR) is 76.8 cm³/mol. The molecule has 100 valence electrons. The van der Waals surface area contributed by atoms with Gasteiger partial charge in [-0.1, -0.05) is 36.4 Å². The van der Waals surface area contributed by atoms with Crippen molar-refractivity contribution in [2.75, 3.05) is 13.6 Å². The van der Waals surface area contributed by atoms with Gasteiger partial charge >= 0.3 is 0 Å². The molecular formula is C16H19NO2. The highest BCUT2D eigenvalue weighted by Gasteiger charge is 2.10. The summed E-state index contributed by atoms with van der Waals surface area (Å²) in [6.07, 6.45) is 0.0143. The fourth-order valence-electron chi connectivity index (χ4n) is 2.06. The number of fused-ring (bicyclic) bond motifs is 1. The second kappa shape index (κ2) is 5.85. The van der Waals surface area contributed by atoms with Crippen LogP contribution in [0.2, 0.25) is 0 Å². The van der Waals surface area contributed by atoms with E-state index in [0.717, 1.165) is 10.9 Å². The second-order valence-corrected chi connectivity index (χ2v) is 4.85. The minimum absolute atomic E-state index is 0.0192. The van der Waals surface area contributed by atoms with Crippen molar-refractivity contribution in [3.63, 3.8) is 0 Å². The van der Waals surface area contributed by atoms with Crippen molar-refractivity contribution in [2.45, 2.75) is 19.4 Å². The molecule has 0 aliphatic rings. The van der Waals surface area contributed by atoms with E-state index in [9.17, 15) is 9.90 Å². The van der Waals surface area contributed by atoms with E-state index in [0.29, 0.717) is 13.0 Å². The Hall–Kier alpha value is -1.87. The molecule has 0 aliphatic heterocycles. The van der Waals surface area contributed by atoms with Crippen LogP contribution < -0.4 is 0 Å². The summed E-state index contributed by atoms with van der Waals surface area (Å²) in [6.45, 7) is 2.09. The first-order valence-corrected chi connectivity index (χ1v) is 6.46. The SMILES string of the molecule is CC(=O)N(C)CC[C@H](O)c1ccc2ccccc2c1. The van der Waals surface area contributed by atoms with Gasteiger partial charge in [-0.15, -0.1) is 0 Å². The lowest BCUT2D eigenvalue weighted by Crippen LogP contribution is -2.26. The van der Waals surface area contributed by atoms with Gasteiger partial charge in [0.25, 0.3) is 0 Å². The molecule has 0 spiro atoms. The Kier molecular flexibility index (Phi) is 4.17. The Morgan fingerprint density at radius 2 is 1.89 bits per heavy atom. The van der Waals surface area contributed by atoms with E-state index in [4.69, 9.17) is 0 Å². The molecule has 0 saturated carbocycles. The number of aliphatic hydroxyl groups excluding tert-OH is 1. The zero-order chi connectivity index (χ0) is 13.8. The van der Waals surface area contributed by atoms with E-state index in [1.807, 2.05) is 36.4 Å². The summed E-state index contributed by atoms with van der Waals surface area (Å²) in [5, 5.41) is 12.5. The van der Waals surface area contributed by atoms with Crippen LogP contribution in [0.15, 0.2) is 42.5 Å². The highest BCUT2D eigenvalue weighted by atomic mass is 16.3. The molecule has 19 heavy (non-hydrogen) atoms. The van der Waals surface area contributed by atoms with Crippen LogP contribution in [0, 0.1) is 0 Å². The van der Waals surface area contributed by atoms with Gasteiger partial charge in [0, 0.05) is 20.5 Å². The fourth-order valence-corrected chi connectivity index (χ4v) is 2.06. The van der Waals surface area contributed by atoms with Crippen LogP contribution in [0.3, 0.4) is 0 Å². The average molecular weight is 257 g/mol. The van der Waals surface area contributed by atoms with Crippen LogP contribution in [0.4, 0.5) is 0 Å². The van der Waals surface area contributed by atoms with E-state index < -0.39 is 6.10 Å². The first-order chi connectivity index (χ1) is 9.08. The zero-order valence-corrected chi connectivity index (χ0v) is 11.3. The molecule has 1 amide bonds. The molecule has 3 heteroatoms. The summed E-state index contributed by atoms with van der Waals surface area (Å²) >= 11 is 0. The number of nitrogens with zero attached hydrogens (tertiary/aromatic N) is 1. The summed E-state index contributed by atoms with van der Waals surface area (Å²) in [6, 6.07) is 14.0. The normalized spacial score (nSPS) is 12.4. The van der Waals surface area contributed by atoms with Crippen LogP contribution >= 0.6 is 0 Å². The maximum absolute atomic E-state index is 11.1. The maximum Gasteiger partial charge on any atom is 0.219 e. The number of rotatable bonds is 4. The number of aliphatic hydroxyl groups is 1. The molecule has 0 aliphatic carbocycles. The third-order valence-corrected chi connectivity index (χ3v) is 3.43. The van der Waals surface area contributed by atoms with Crippen molar-refractivity contribution in [3.8, 4) is 0 Å². The third-order valence-electron chi connectivity index (χ3n) is 3.43. The lowest BCUT2D eigenvalue weighted by Gasteiger charge is -2.18. The summed E-state index contributed by atoms with van der Waals surface area (Å²) in [5.74, 6) is 0.0192. The van der Waals surface area contributed by atoms with Crippen molar-refractivity contribution in [2.24, 2.45) is 0 Å². The number of carbonyl (C=O) groups is 1. The van der Waals surface area contributed by atoms with Crippen LogP contribution in [-0.4, -0.2) is 29.5 Å². The standard InChI is InChI=1S/C16H19NO2/c1-12(18)17(2)10-9-16(19)15-8-7-13-5-3-4-6-14(13)11-15/h3-8,11,16,19H,9-10H2,1-2H3/t16-/m0/s1. The maximum atomic E-state index is 11.1. The van der Waals surface area contributed by atoms with Gasteiger partial charge < -0.3 is 10.0 Å². The molecular weight excluding hydrogens is 238 g/mol. The van der Waals surface area contributed by atoms with Crippen molar-refractivity contribution in [3.05, 3.63) is 48.0 Å². The first kappa shape index (κ1) is 13.6. The lowest BCUT2D eigenvalue weighted by molar-refractivity contribution is -0.127. The van der Waals surface area contributed by atoms with Crippen LogP contribution in [0.1, 0.15) is 25.0 Å². The Balaban J connectivity index is 2.08. The minimum atomic E-state index is -0.536. The summed E-state index contributed by atoms with van der Waals surface area (Å²) < 4.78 is 0. The molecule has 0 heterocycles. The van der Waals surface area contributed by atoms with Crippen molar-refractivity contribution < 1.29 is 9.90 Å². The highest BCUT2D eigenvalue weighted by molar-refractivity contribution is 5.83. The number of amides is 1. The molecule has 0 saturated heterocycles. The molecule has 3 nitrogen and oxygen atoms in total. The molecule has 0 fully saturated rings. The van der Waals surface area contributed by atoms with Crippen molar-refractivity contribution in [1.82, 2.24) is 4.90 Å². The second-order valence-electron chi connectivity index (χ2n) is 4.85. The number of hydrogen-bond acceptors (Lipinski definition) is 2. The van der Waals surface area contributed by atoms with E-state index in [2.05, 4.69) is 6.07 Å². The van der Waals surface area contributed by atoms with Gasteiger partial charge in [-0.3, -0.25) is 4.79 Å². The number of benzene rings is 2. The topological polar surface area (TPSA) is 40.5 Å². The first-order valence-electron chi connectivity index (χ1n) is 6.46. The van der Waals surface area contributed by atoms with Gasteiger partial charge in [-0.25, -0.2) is 0 Å². The smallest absolute Gasteiger partial charge is 0.219 e. The zero-order valence-electron chi connectivity index (χ0n) is 11.3. The van der Waals surface area contributed by atoms with E-state index in [1.54, 1.807) is 11.9 Å². The third kappa shape index (κ3) is 3.32. The molecule has 0 aromatic heterocycles. The van der Waals surface area contributed by atoms with E-state index in [-0.39, 0.29) is 5.91 Å². The van der Waals surface area contributed by atoms with E-state index in [1.165, 1.54) is 12.3 Å². The number of carbonyl (C=O) groups excluding carboxylic acids is 1.